The van der Waals surface area contributed by atoms with E-state index < -0.39 is 51.5 Å². The van der Waals surface area contributed by atoms with Crippen LogP contribution in [0.5, 0.6) is 5.75 Å². The molecule has 0 saturated heterocycles. The highest BCUT2D eigenvalue weighted by Crippen LogP contribution is 2.60. The normalized spacial score (nSPS) is 14.9. The van der Waals surface area contributed by atoms with Gasteiger partial charge in [0.05, 0.1) is 17.7 Å². The minimum atomic E-state index is -4.92. The van der Waals surface area contributed by atoms with E-state index in [0.717, 1.165) is 18.2 Å². The topological polar surface area (TPSA) is 9.23 Å². The van der Waals surface area contributed by atoms with Gasteiger partial charge in [-0.1, -0.05) is 53.2 Å². The van der Waals surface area contributed by atoms with Crippen molar-refractivity contribution in [2.45, 2.75) is 66.2 Å². The van der Waals surface area contributed by atoms with Crippen LogP contribution in [0.2, 0.25) is 0 Å². The Labute approximate surface area is 174 Å². The molecule has 3 rings (SSSR count). The van der Waals surface area contributed by atoms with Crippen molar-refractivity contribution >= 4 is 0 Å². The van der Waals surface area contributed by atoms with Crippen molar-refractivity contribution < 1.29 is 31.1 Å². The third-order valence-electron chi connectivity index (χ3n) is 4.46. The molecule has 30 heavy (non-hydrogen) atoms. The Bertz CT molecular complexity index is 790. The molecule has 2 aromatic rings. The second-order valence-electron chi connectivity index (χ2n) is 6.09. The molecule has 1 aliphatic rings. The molecule has 2 aromatic carbocycles. The maximum absolute atomic E-state index is 14.6. The summed E-state index contributed by atoms with van der Waals surface area (Å²) in [6.07, 6.45) is 0.589. The van der Waals surface area contributed by atoms with Gasteiger partial charge >= 0.3 is 11.8 Å². The summed E-state index contributed by atoms with van der Waals surface area (Å²) in [6, 6.07) is 4.56. The van der Waals surface area contributed by atoms with Crippen molar-refractivity contribution in [3.8, 4) is 16.9 Å². The molecular formula is C23H28F6O. The van der Waals surface area contributed by atoms with E-state index in [1.807, 2.05) is 27.7 Å². The molecule has 0 N–H and O–H groups in total. The van der Waals surface area contributed by atoms with Crippen molar-refractivity contribution in [3.63, 3.8) is 0 Å². The number of hydrogen-bond donors (Lipinski definition) is 0. The Hall–Kier alpha value is -2.18. The van der Waals surface area contributed by atoms with Gasteiger partial charge in [-0.25, -0.2) is 8.78 Å². The molecule has 1 aliphatic carbocycles. The quantitative estimate of drug-likeness (QED) is 0.440. The van der Waals surface area contributed by atoms with Crippen molar-refractivity contribution in [3.05, 3.63) is 52.6 Å². The standard InChI is InChI=1S/C19H16F6O.2C2H6/c1-3-5-10-6-7-11-12-8-9-13(26-4-2)17(21)15(12)19(24,25)18(22,23)14(11)16(10)20;2*1-2/h6-9H,3-5H2,1-2H3;2*1-2H3. The maximum atomic E-state index is 14.6. The first-order valence-corrected chi connectivity index (χ1v) is 10.2. The van der Waals surface area contributed by atoms with Crippen LogP contribution >= 0.6 is 0 Å². The second-order valence-corrected chi connectivity index (χ2v) is 6.09. The van der Waals surface area contributed by atoms with Crippen LogP contribution in [0.3, 0.4) is 0 Å². The molecule has 0 fully saturated rings. The molecule has 0 spiro atoms. The first-order chi connectivity index (χ1) is 14.2. The molecule has 0 bridgehead atoms. The molecule has 0 unspecified atom stereocenters. The fourth-order valence-electron chi connectivity index (χ4n) is 3.28. The Morgan fingerprint density at radius 1 is 0.733 bits per heavy atom. The smallest absolute Gasteiger partial charge is 0.343 e. The number of ether oxygens (including phenoxy) is 1. The minimum Gasteiger partial charge on any atom is -0.491 e. The summed E-state index contributed by atoms with van der Waals surface area (Å²) in [4.78, 5) is 0. The van der Waals surface area contributed by atoms with Crippen LogP contribution in [-0.2, 0) is 18.3 Å². The van der Waals surface area contributed by atoms with E-state index in [2.05, 4.69) is 0 Å². The molecule has 0 aliphatic heterocycles. The third-order valence-corrected chi connectivity index (χ3v) is 4.46. The van der Waals surface area contributed by atoms with Crippen LogP contribution < -0.4 is 4.74 Å². The SMILES string of the molecule is CC.CC.CCCc1ccc2c(c1F)C(F)(F)C(F)(F)c1c-2ccc(OCC)c1F. The van der Waals surface area contributed by atoms with Gasteiger partial charge in [0.15, 0.2) is 11.6 Å². The van der Waals surface area contributed by atoms with Crippen LogP contribution in [0.15, 0.2) is 24.3 Å². The summed E-state index contributed by atoms with van der Waals surface area (Å²) in [6.45, 7) is 11.2. The molecule has 7 heteroatoms. The number of rotatable bonds is 4. The molecule has 0 aromatic heterocycles. The number of benzene rings is 2. The van der Waals surface area contributed by atoms with Gasteiger partial charge in [-0.05, 0) is 42.2 Å². The lowest BCUT2D eigenvalue weighted by molar-refractivity contribution is -0.228. The lowest BCUT2D eigenvalue weighted by Gasteiger charge is -2.35. The van der Waals surface area contributed by atoms with Gasteiger partial charge in [0.1, 0.15) is 5.82 Å². The molecule has 168 valence electrons. The van der Waals surface area contributed by atoms with Crippen LogP contribution in [0.25, 0.3) is 11.1 Å². The average Bonchev–Trinajstić information content (AvgIpc) is 2.72. The van der Waals surface area contributed by atoms with Gasteiger partial charge in [-0.3, -0.25) is 0 Å². The number of aryl methyl sites for hydroxylation is 1. The molecule has 0 saturated carbocycles. The van der Waals surface area contributed by atoms with E-state index in [4.69, 9.17) is 4.74 Å². The summed E-state index contributed by atoms with van der Waals surface area (Å²) >= 11 is 0. The van der Waals surface area contributed by atoms with Gasteiger partial charge in [-0.2, -0.15) is 17.6 Å². The van der Waals surface area contributed by atoms with Crippen LogP contribution in [0.1, 0.15) is 64.7 Å². The fraction of sp³-hybridized carbons (Fsp3) is 0.478. The van der Waals surface area contributed by atoms with Gasteiger partial charge in [0.2, 0.25) is 0 Å². The van der Waals surface area contributed by atoms with Crippen molar-refractivity contribution in [2.24, 2.45) is 0 Å². The predicted octanol–water partition coefficient (Wildman–Crippen LogP) is 8.23. The highest BCUT2D eigenvalue weighted by molar-refractivity contribution is 5.77. The van der Waals surface area contributed by atoms with Crippen LogP contribution in [-0.4, -0.2) is 6.61 Å². The van der Waals surface area contributed by atoms with Crippen LogP contribution in [0.4, 0.5) is 26.3 Å². The zero-order valence-electron chi connectivity index (χ0n) is 18.1. The number of hydrogen-bond acceptors (Lipinski definition) is 1. The highest BCUT2D eigenvalue weighted by Gasteiger charge is 2.65. The van der Waals surface area contributed by atoms with E-state index in [-0.39, 0.29) is 18.6 Å². The summed E-state index contributed by atoms with van der Waals surface area (Å²) in [5.74, 6) is -13.3. The molecular weight excluding hydrogens is 406 g/mol. The van der Waals surface area contributed by atoms with Gasteiger partial charge in [0, 0.05) is 0 Å². The van der Waals surface area contributed by atoms with Crippen molar-refractivity contribution in [2.75, 3.05) is 6.61 Å². The molecule has 0 atom stereocenters. The van der Waals surface area contributed by atoms with Gasteiger partial charge < -0.3 is 4.74 Å². The lowest BCUT2D eigenvalue weighted by Crippen LogP contribution is -2.41. The van der Waals surface area contributed by atoms with Gasteiger partial charge in [-0.15, -0.1) is 0 Å². The average molecular weight is 434 g/mol. The highest BCUT2D eigenvalue weighted by atomic mass is 19.3. The molecule has 0 heterocycles. The first kappa shape index (κ1) is 25.9. The summed E-state index contributed by atoms with van der Waals surface area (Å²) in [5.41, 5.74) is -3.82. The van der Waals surface area contributed by atoms with E-state index in [1.165, 1.54) is 13.0 Å². The Morgan fingerprint density at radius 2 is 1.20 bits per heavy atom. The zero-order chi connectivity index (χ0) is 23.3. The minimum absolute atomic E-state index is 0.0245. The fourth-order valence-corrected chi connectivity index (χ4v) is 3.28. The van der Waals surface area contributed by atoms with E-state index >= 15 is 0 Å². The summed E-state index contributed by atoms with van der Waals surface area (Å²) in [7, 11) is 0. The monoisotopic (exact) mass is 434 g/mol. The lowest BCUT2D eigenvalue weighted by atomic mass is 9.79. The third kappa shape index (κ3) is 4.03. The number of halogens is 6. The largest absolute Gasteiger partial charge is 0.491 e. The summed E-state index contributed by atoms with van der Waals surface area (Å²) < 4.78 is 92.6. The van der Waals surface area contributed by atoms with E-state index in [1.54, 1.807) is 6.92 Å². The summed E-state index contributed by atoms with van der Waals surface area (Å²) in [5, 5.41) is 0. The first-order valence-electron chi connectivity index (χ1n) is 10.2. The molecule has 0 amide bonds. The Morgan fingerprint density at radius 3 is 1.67 bits per heavy atom. The predicted molar refractivity (Wildman–Crippen MR) is 107 cm³/mol. The zero-order valence-corrected chi connectivity index (χ0v) is 18.1. The molecule has 0 radical (unpaired) electrons. The molecule has 1 nitrogen and oxygen atoms in total. The van der Waals surface area contributed by atoms with Gasteiger partial charge in [0.25, 0.3) is 0 Å². The van der Waals surface area contributed by atoms with E-state index in [9.17, 15) is 26.3 Å². The Balaban J connectivity index is 0.00000106. The maximum Gasteiger partial charge on any atom is 0.343 e. The van der Waals surface area contributed by atoms with Crippen LogP contribution in [0, 0.1) is 11.6 Å². The number of alkyl halides is 4. The second kappa shape index (κ2) is 10.2. The van der Waals surface area contributed by atoms with E-state index in [0.29, 0.717) is 6.42 Å². The Kier molecular flexibility index (Phi) is 8.81. The number of fused-ring (bicyclic) bond motifs is 3. The van der Waals surface area contributed by atoms with Crippen molar-refractivity contribution in [1.29, 1.82) is 0 Å². The van der Waals surface area contributed by atoms with Crippen molar-refractivity contribution in [1.82, 2.24) is 0 Å².